The van der Waals surface area contributed by atoms with Crippen LogP contribution in [0.25, 0.3) is 0 Å². The number of aliphatic hydroxyl groups excluding tert-OH is 1. The van der Waals surface area contributed by atoms with E-state index < -0.39 is 50.3 Å². The van der Waals surface area contributed by atoms with E-state index in [1.807, 2.05) is 0 Å². The molecule has 0 heterocycles. The molecule has 0 spiro atoms. The molecule has 0 aliphatic heterocycles. The Morgan fingerprint density at radius 1 is 1.39 bits per heavy atom. The standard InChI is InChI=1S/C23H34O5/c1-2-3-4-7-17(24)9-10-18-19-11-15-6-5-8-22(28-14-23(26)27)20(15)12-16(19)13-21(18)25/h5-6,8,16-19,21,24-25H,2-4,7,9-14H2,1H3,(H,26,27)/t16-,17+,18+,19-,21+/m0/s1/i1D3,10D2,14D2,17D. The van der Waals surface area contributed by atoms with Crippen molar-refractivity contribution in [3.8, 4) is 5.75 Å². The van der Waals surface area contributed by atoms with E-state index in [1.54, 1.807) is 12.1 Å². The van der Waals surface area contributed by atoms with Gasteiger partial charge in [0.25, 0.3) is 0 Å². The third-order valence-electron chi connectivity index (χ3n) is 5.86. The van der Waals surface area contributed by atoms with Crippen molar-refractivity contribution in [1.29, 1.82) is 0 Å². The Morgan fingerprint density at radius 2 is 2.25 bits per heavy atom. The monoisotopic (exact) mass is 398 g/mol. The molecule has 156 valence electrons. The van der Waals surface area contributed by atoms with E-state index in [4.69, 9.17) is 20.8 Å². The van der Waals surface area contributed by atoms with Gasteiger partial charge in [0.05, 0.1) is 16.3 Å². The number of unbranched alkanes of at least 4 members (excludes halogenated alkanes) is 1. The van der Waals surface area contributed by atoms with Gasteiger partial charge in [-0.2, -0.15) is 0 Å². The summed E-state index contributed by atoms with van der Waals surface area (Å²) in [5.74, 6) is -2.94. The van der Waals surface area contributed by atoms with Crippen molar-refractivity contribution < 1.29 is 35.8 Å². The molecule has 0 aromatic heterocycles. The number of carboxylic acid groups (broad SMARTS) is 1. The van der Waals surface area contributed by atoms with Gasteiger partial charge in [0.1, 0.15) is 5.75 Å². The Balaban J connectivity index is 1.74. The molecule has 2 aliphatic rings. The molecule has 28 heavy (non-hydrogen) atoms. The van der Waals surface area contributed by atoms with E-state index in [1.165, 1.54) is 6.07 Å². The van der Waals surface area contributed by atoms with Crippen LogP contribution in [0.3, 0.4) is 0 Å². The summed E-state index contributed by atoms with van der Waals surface area (Å²) >= 11 is 0. The number of hydrogen-bond donors (Lipinski definition) is 3. The molecule has 0 unspecified atom stereocenters. The highest BCUT2D eigenvalue weighted by Crippen LogP contribution is 2.48. The molecule has 1 fully saturated rings. The van der Waals surface area contributed by atoms with Crippen molar-refractivity contribution in [1.82, 2.24) is 0 Å². The molecule has 1 saturated carbocycles. The van der Waals surface area contributed by atoms with Gasteiger partial charge in [-0.25, -0.2) is 4.79 Å². The summed E-state index contributed by atoms with van der Waals surface area (Å²) in [6, 6.07) is 4.90. The van der Waals surface area contributed by atoms with Gasteiger partial charge in [-0.15, -0.1) is 0 Å². The first-order chi connectivity index (χ1) is 16.4. The molecular weight excluding hydrogens is 356 g/mol. The van der Waals surface area contributed by atoms with E-state index in [-0.39, 0.29) is 43.3 Å². The Labute approximate surface area is 179 Å². The van der Waals surface area contributed by atoms with Crippen LogP contribution < -0.4 is 4.74 Å². The zero-order chi connectivity index (χ0) is 27.1. The highest BCUT2D eigenvalue weighted by molar-refractivity contribution is 5.68. The van der Waals surface area contributed by atoms with Gasteiger partial charge in [0.2, 0.25) is 0 Å². The van der Waals surface area contributed by atoms with E-state index in [0.29, 0.717) is 24.8 Å². The minimum atomic E-state index is -2.91. The van der Waals surface area contributed by atoms with Gasteiger partial charge in [0.15, 0.2) is 6.56 Å². The normalized spacial score (nSPS) is 33.9. The molecule has 0 radical (unpaired) electrons. The summed E-state index contributed by atoms with van der Waals surface area (Å²) in [5, 5.41) is 30.5. The lowest BCUT2D eigenvalue weighted by molar-refractivity contribution is -0.139. The lowest BCUT2D eigenvalue weighted by Crippen LogP contribution is -2.28. The minimum absolute atomic E-state index is 0.0415. The number of carbonyl (C=O) groups is 1. The van der Waals surface area contributed by atoms with Gasteiger partial charge in [-0.05, 0) is 73.4 Å². The Hall–Kier alpha value is -1.59. The Morgan fingerprint density at radius 3 is 3.04 bits per heavy atom. The van der Waals surface area contributed by atoms with E-state index in [2.05, 4.69) is 0 Å². The first-order valence-electron chi connectivity index (χ1n) is 13.9. The summed E-state index contributed by atoms with van der Waals surface area (Å²) < 4.78 is 67.7. The van der Waals surface area contributed by atoms with Gasteiger partial charge in [-0.1, -0.05) is 38.2 Å². The maximum absolute atomic E-state index is 11.2. The Kier molecular flexibility index (Phi) is 4.48. The molecule has 5 nitrogen and oxygen atoms in total. The third-order valence-corrected chi connectivity index (χ3v) is 5.86. The molecule has 0 amide bonds. The van der Waals surface area contributed by atoms with Crippen molar-refractivity contribution >= 4 is 5.97 Å². The lowest BCUT2D eigenvalue weighted by Gasteiger charge is -2.32. The second kappa shape index (κ2) is 9.75. The summed E-state index contributed by atoms with van der Waals surface area (Å²) in [4.78, 5) is 11.2. The van der Waals surface area contributed by atoms with Crippen LogP contribution in [0.2, 0.25) is 0 Å². The smallest absolute Gasteiger partial charge is 0.341 e. The van der Waals surface area contributed by atoms with Gasteiger partial charge in [0, 0.05) is 6.85 Å². The second-order valence-corrected chi connectivity index (χ2v) is 7.72. The summed E-state index contributed by atoms with van der Waals surface area (Å²) in [7, 11) is 0. The molecule has 1 aromatic rings. The third kappa shape index (κ3) is 5.06. The first kappa shape index (κ1) is 12.9. The largest absolute Gasteiger partial charge is 0.482 e. The average Bonchev–Trinajstić information content (AvgIpc) is 3.03. The van der Waals surface area contributed by atoms with E-state index in [9.17, 15) is 15.0 Å². The lowest BCUT2D eigenvalue weighted by atomic mass is 9.73. The fourth-order valence-corrected chi connectivity index (χ4v) is 4.55. The van der Waals surface area contributed by atoms with Crippen molar-refractivity contribution in [3.05, 3.63) is 29.3 Å². The molecular formula is C23H34O5. The van der Waals surface area contributed by atoms with Gasteiger partial charge in [-0.3, -0.25) is 0 Å². The Bertz CT molecular complexity index is 949. The van der Waals surface area contributed by atoms with E-state index in [0.717, 1.165) is 5.56 Å². The number of ether oxygens (including phenoxy) is 1. The highest BCUT2D eigenvalue weighted by atomic mass is 16.5. The number of carboxylic acids is 1. The van der Waals surface area contributed by atoms with Crippen molar-refractivity contribution in [2.75, 3.05) is 6.56 Å². The fraction of sp³-hybridized carbons (Fsp3) is 0.696. The minimum Gasteiger partial charge on any atom is -0.482 e. The SMILES string of the molecule is [2H]C([2H])([2H])CCCC[C@@]([2H])(O)CC([2H])([2H])[C@@H]1[C@H]2Cc3cccc(OC([2H])([2H])C(=O)O)c3C[C@H]2C[C@H]1O. The quantitative estimate of drug-likeness (QED) is 0.524. The molecule has 5 atom stereocenters. The highest BCUT2D eigenvalue weighted by Gasteiger charge is 2.44. The van der Waals surface area contributed by atoms with Crippen LogP contribution in [-0.4, -0.2) is 40.0 Å². The first-order valence-corrected chi connectivity index (χ1v) is 9.85. The van der Waals surface area contributed by atoms with Gasteiger partial charge >= 0.3 is 5.97 Å². The van der Waals surface area contributed by atoms with Crippen molar-refractivity contribution in [2.24, 2.45) is 17.8 Å². The van der Waals surface area contributed by atoms with E-state index >= 15 is 0 Å². The predicted molar refractivity (Wildman–Crippen MR) is 107 cm³/mol. The topological polar surface area (TPSA) is 87.0 Å². The molecule has 5 heteroatoms. The van der Waals surface area contributed by atoms with Crippen LogP contribution >= 0.6 is 0 Å². The zero-order valence-corrected chi connectivity index (χ0v) is 15.9. The number of fused-ring (bicyclic) bond motifs is 2. The van der Waals surface area contributed by atoms with Gasteiger partial charge < -0.3 is 20.1 Å². The summed E-state index contributed by atoms with van der Waals surface area (Å²) in [5.41, 5.74) is 1.40. The average molecular weight is 399 g/mol. The maximum Gasteiger partial charge on any atom is 0.341 e. The summed E-state index contributed by atoms with van der Waals surface area (Å²) in [6.07, 6.45) is -4.25. The number of aliphatic carboxylic acids is 1. The number of rotatable bonds is 10. The van der Waals surface area contributed by atoms with Crippen LogP contribution in [0, 0.1) is 17.8 Å². The molecule has 0 bridgehead atoms. The molecule has 0 saturated heterocycles. The number of hydrogen-bond acceptors (Lipinski definition) is 4. The number of aliphatic hydroxyl groups is 2. The fourth-order valence-electron chi connectivity index (χ4n) is 4.55. The van der Waals surface area contributed by atoms with Crippen LogP contribution in [0.15, 0.2) is 18.2 Å². The molecule has 3 N–H and O–H groups in total. The van der Waals surface area contributed by atoms with Crippen molar-refractivity contribution in [2.45, 2.75) is 76.8 Å². The number of benzene rings is 1. The second-order valence-electron chi connectivity index (χ2n) is 7.72. The molecule has 3 rings (SSSR count). The van der Waals surface area contributed by atoms with Crippen LogP contribution in [0.5, 0.6) is 5.75 Å². The van der Waals surface area contributed by atoms with Crippen LogP contribution in [0.4, 0.5) is 0 Å². The predicted octanol–water partition coefficient (Wildman–Crippen LogP) is 3.58. The van der Waals surface area contributed by atoms with Crippen LogP contribution in [-0.2, 0) is 17.6 Å². The van der Waals surface area contributed by atoms with Crippen molar-refractivity contribution in [3.63, 3.8) is 0 Å². The zero-order valence-electron chi connectivity index (χ0n) is 23.9. The summed E-state index contributed by atoms with van der Waals surface area (Å²) in [6.45, 7) is -5.00. The molecule has 2 aliphatic carbocycles. The van der Waals surface area contributed by atoms with Crippen LogP contribution in [0.1, 0.15) is 73.8 Å². The molecule has 1 aromatic carbocycles. The maximum atomic E-state index is 11.2.